The van der Waals surface area contributed by atoms with E-state index in [-0.39, 0.29) is 0 Å². The van der Waals surface area contributed by atoms with Gasteiger partial charge in [0.2, 0.25) is 0 Å². The standard InChI is InChI=1S/C8H16O/c1-3-5-6-8-7(4-2)9-8/h7-8H,3-6H2,1-2H3. The molecule has 1 rings (SSSR count). The van der Waals surface area contributed by atoms with Crippen LogP contribution in [0.5, 0.6) is 0 Å². The van der Waals surface area contributed by atoms with Gasteiger partial charge in [0.15, 0.2) is 0 Å². The molecule has 0 saturated carbocycles. The average molecular weight is 128 g/mol. The monoisotopic (exact) mass is 128 g/mol. The van der Waals surface area contributed by atoms with E-state index in [1.807, 2.05) is 0 Å². The Morgan fingerprint density at radius 3 is 2.44 bits per heavy atom. The van der Waals surface area contributed by atoms with Crippen molar-refractivity contribution in [1.29, 1.82) is 0 Å². The summed E-state index contributed by atoms with van der Waals surface area (Å²) in [6.07, 6.45) is 6.38. The molecule has 1 aliphatic rings. The van der Waals surface area contributed by atoms with Gasteiger partial charge in [-0.05, 0) is 12.8 Å². The maximum absolute atomic E-state index is 5.37. The van der Waals surface area contributed by atoms with Crippen molar-refractivity contribution in [2.24, 2.45) is 0 Å². The van der Waals surface area contributed by atoms with Crippen LogP contribution in [0.3, 0.4) is 0 Å². The van der Waals surface area contributed by atoms with Gasteiger partial charge in [0.05, 0.1) is 12.2 Å². The second-order valence-electron chi connectivity index (χ2n) is 2.76. The number of ether oxygens (including phenoxy) is 1. The van der Waals surface area contributed by atoms with Gasteiger partial charge in [-0.2, -0.15) is 0 Å². The highest BCUT2D eigenvalue weighted by atomic mass is 16.6. The molecule has 0 bridgehead atoms. The van der Waals surface area contributed by atoms with Crippen molar-refractivity contribution in [1.82, 2.24) is 0 Å². The van der Waals surface area contributed by atoms with E-state index in [0.717, 1.165) is 0 Å². The van der Waals surface area contributed by atoms with Crippen molar-refractivity contribution in [2.45, 2.75) is 51.7 Å². The molecule has 1 nitrogen and oxygen atoms in total. The van der Waals surface area contributed by atoms with Crippen LogP contribution < -0.4 is 0 Å². The molecule has 1 fully saturated rings. The third-order valence-corrected chi connectivity index (χ3v) is 1.93. The quantitative estimate of drug-likeness (QED) is 0.529. The Labute approximate surface area is 57.4 Å². The zero-order valence-electron chi connectivity index (χ0n) is 6.39. The molecule has 1 heterocycles. The first kappa shape index (κ1) is 7.07. The highest BCUT2D eigenvalue weighted by molar-refractivity contribution is 4.82. The molecule has 1 heteroatoms. The van der Waals surface area contributed by atoms with Crippen LogP contribution in [0.15, 0.2) is 0 Å². The Bertz CT molecular complexity index is 80.6. The predicted molar refractivity (Wildman–Crippen MR) is 38.5 cm³/mol. The van der Waals surface area contributed by atoms with Crippen LogP contribution >= 0.6 is 0 Å². The molecule has 0 spiro atoms. The van der Waals surface area contributed by atoms with Crippen molar-refractivity contribution >= 4 is 0 Å². The molecule has 0 amide bonds. The molecule has 0 N–H and O–H groups in total. The second-order valence-corrected chi connectivity index (χ2v) is 2.76. The van der Waals surface area contributed by atoms with E-state index >= 15 is 0 Å². The molecule has 9 heavy (non-hydrogen) atoms. The van der Waals surface area contributed by atoms with Gasteiger partial charge in [0, 0.05) is 0 Å². The molecule has 0 aromatic carbocycles. The summed E-state index contributed by atoms with van der Waals surface area (Å²) in [6, 6.07) is 0. The first-order valence-electron chi connectivity index (χ1n) is 4.04. The lowest BCUT2D eigenvalue weighted by Gasteiger charge is -1.88. The van der Waals surface area contributed by atoms with Gasteiger partial charge < -0.3 is 4.74 Å². The first-order valence-corrected chi connectivity index (χ1v) is 4.04. The van der Waals surface area contributed by atoms with Gasteiger partial charge in [-0.1, -0.05) is 26.7 Å². The van der Waals surface area contributed by atoms with E-state index in [1.54, 1.807) is 0 Å². The molecule has 0 aromatic heterocycles. The predicted octanol–water partition coefficient (Wildman–Crippen LogP) is 2.35. The summed E-state index contributed by atoms with van der Waals surface area (Å²) in [5, 5.41) is 0. The molecule has 0 aliphatic carbocycles. The normalized spacial score (nSPS) is 32.7. The molecule has 0 radical (unpaired) electrons. The minimum absolute atomic E-state index is 0.622. The number of hydrogen-bond acceptors (Lipinski definition) is 1. The zero-order valence-corrected chi connectivity index (χ0v) is 6.39. The van der Waals surface area contributed by atoms with E-state index in [1.165, 1.54) is 25.7 Å². The van der Waals surface area contributed by atoms with E-state index in [2.05, 4.69) is 13.8 Å². The summed E-state index contributed by atoms with van der Waals surface area (Å²) >= 11 is 0. The number of rotatable bonds is 4. The van der Waals surface area contributed by atoms with Crippen LogP contribution in [-0.4, -0.2) is 12.2 Å². The van der Waals surface area contributed by atoms with E-state index < -0.39 is 0 Å². The van der Waals surface area contributed by atoms with Gasteiger partial charge in [0.1, 0.15) is 0 Å². The smallest absolute Gasteiger partial charge is 0.0841 e. The van der Waals surface area contributed by atoms with Crippen LogP contribution in [0.1, 0.15) is 39.5 Å². The Balaban J connectivity index is 1.92. The van der Waals surface area contributed by atoms with E-state index in [0.29, 0.717) is 12.2 Å². The Morgan fingerprint density at radius 2 is 2.00 bits per heavy atom. The van der Waals surface area contributed by atoms with Gasteiger partial charge in [-0.15, -0.1) is 0 Å². The fourth-order valence-corrected chi connectivity index (χ4v) is 1.20. The molecular formula is C8H16O. The third kappa shape index (κ3) is 1.98. The topological polar surface area (TPSA) is 12.5 Å². The largest absolute Gasteiger partial charge is 0.370 e. The van der Waals surface area contributed by atoms with Gasteiger partial charge in [-0.3, -0.25) is 0 Å². The maximum atomic E-state index is 5.37. The average Bonchev–Trinajstić information content (AvgIpc) is 2.62. The first-order chi connectivity index (χ1) is 4.38. The summed E-state index contributed by atoms with van der Waals surface area (Å²) in [5.74, 6) is 0. The molecule has 0 aromatic rings. The van der Waals surface area contributed by atoms with Gasteiger partial charge >= 0.3 is 0 Å². The highest BCUT2D eigenvalue weighted by Crippen LogP contribution is 2.29. The number of unbranched alkanes of at least 4 members (excludes halogenated alkanes) is 1. The van der Waals surface area contributed by atoms with E-state index in [4.69, 9.17) is 4.74 Å². The lowest BCUT2D eigenvalue weighted by molar-refractivity contribution is 0.356. The summed E-state index contributed by atoms with van der Waals surface area (Å²) < 4.78 is 5.37. The fraction of sp³-hybridized carbons (Fsp3) is 1.00. The Kier molecular flexibility index (Phi) is 2.52. The fourth-order valence-electron chi connectivity index (χ4n) is 1.20. The number of epoxide rings is 1. The minimum Gasteiger partial charge on any atom is -0.370 e. The molecule has 1 saturated heterocycles. The Morgan fingerprint density at radius 1 is 1.22 bits per heavy atom. The highest BCUT2D eigenvalue weighted by Gasteiger charge is 2.35. The summed E-state index contributed by atoms with van der Waals surface area (Å²) in [5.41, 5.74) is 0. The summed E-state index contributed by atoms with van der Waals surface area (Å²) in [7, 11) is 0. The van der Waals surface area contributed by atoms with Crippen LogP contribution in [0, 0.1) is 0 Å². The number of hydrogen-bond donors (Lipinski definition) is 0. The molecule has 2 atom stereocenters. The third-order valence-electron chi connectivity index (χ3n) is 1.93. The maximum Gasteiger partial charge on any atom is 0.0841 e. The van der Waals surface area contributed by atoms with Crippen molar-refractivity contribution in [3.05, 3.63) is 0 Å². The summed E-state index contributed by atoms with van der Waals surface area (Å²) in [6.45, 7) is 4.42. The van der Waals surface area contributed by atoms with Crippen molar-refractivity contribution in [2.75, 3.05) is 0 Å². The van der Waals surface area contributed by atoms with Crippen LogP contribution in [0.2, 0.25) is 0 Å². The van der Waals surface area contributed by atoms with Crippen molar-refractivity contribution in [3.8, 4) is 0 Å². The van der Waals surface area contributed by atoms with Crippen molar-refractivity contribution < 1.29 is 4.74 Å². The lowest BCUT2D eigenvalue weighted by Crippen LogP contribution is -1.90. The molecule has 54 valence electrons. The van der Waals surface area contributed by atoms with Gasteiger partial charge in [-0.25, -0.2) is 0 Å². The minimum atomic E-state index is 0.622. The zero-order chi connectivity index (χ0) is 6.69. The van der Waals surface area contributed by atoms with Crippen molar-refractivity contribution in [3.63, 3.8) is 0 Å². The summed E-state index contributed by atoms with van der Waals surface area (Å²) in [4.78, 5) is 0. The van der Waals surface area contributed by atoms with Crippen LogP contribution in [0.25, 0.3) is 0 Å². The van der Waals surface area contributed by atoms with Gasteiger partial charge in [0.25, 0.3) is 0 Å². The molecular weight excluding hydrogens is 112 g/mol. The molecule has 1 aliphatic heterocycles. The van der Waals surface area contributed by atoms with Crippen LogP contribution in [-0.2, 0) is 4.74 Å². The lowest BCUT2D eigenvalue weighted by atomic mass is 10.1. The van der Waals surface area contributed by atoms with Crippen LogP contribution in [0.4, 0.5) is 0 Å². The SMILES string of the molecule is CCCCC1OC1CC. The molecule has 2 unspecified atom stereocenters. The van der Waals surface area contributed by atoms with E-state index in [9.17, 15) is 0 Å². The Hall–Kier alpha value is -0.0400. The second kappa shape index (κ2) is 3.21.